The molecule has 0 bridgehead atoms. The van der Waals surface area contributed by atoms with Gasteiger partial charge in [-0.1, -0.05) is 6.08 Å². The number of rotatable bonds is 5. The molecule has 20 heavy (non-hydrogen) atoms. The highest BCUT2D eigenvalue weighted by Gasteiger charge is 2.31. The Morgan fingerprint density at radius 1 is 1.40 bits per heavy atom. The Hall–Kier alpha value is -2.31. The van der Waals surface area contributed by atoms with Gasteiger partial charge in [-0.15, -0.1) is 6.58 Å². The first-order valence-electron chi connectivity index (χ1n) is 5.83. The summed E-state index contributed by atoms with van der Waals surface area (Å²) in [6.45, 7) is 3.92. The van der Waals surface area contributed by atoms with Crippen molar-refractivity contribution in [1.82, 2.24) is 9.78 Å². The van der Waals surface area contributed by atoms with E-state index in [1.807, 2.05) is 0 Å². The maximum Gasteiger partial charge on any atom is 0.416 e. The zero-order valence-corrected chi connectivity index (χ0v) is 10.4. The van der Waals surface area contributed by atoms with E-state index in [-0.39, 0.29) is 12.4 Å². The molecule has 0 unspecified atom stereocenters. The minimum atomic E-state index is -4.42. The summed E-state index contributed by atoms with van der Waals surface area (Å²) in [6.07, 6.45) is -2.21. The van der Waals surface area contributed by atoms with E-state index in [0.29, 0.717) is 23.7 Å². The lowest BCUT2D eigenvalue weighted by Gasteiger charge is -2.07. The van der Waals surface area contributed by atoms with E-state index in [2.05, 4.69) is 17.0 Å². The number of aldehydes is 1. The van der Waals surface area contributed by atoms with Crippen LogP contribution < -0.4 is 5.32 Å². The third kappa shape index (κ3) is 2.66. The molecular formula is C13H12F3N3O. The van der Waals surface area contributed by atoms with Crippen LogP contribution in [0.3, 0.4) is 0 Å². The second kappa shape index (κ2) is 5.36. The summed E-state index contributed by atoms with van der Waals surface area (Å²) in [7, 11) is 0. The first-order chi connectivity index (χ1) is 9.47. The minimum Gasteiger partial charge on any atom is -0.361 e. The summed E-state index contributed by atoms with van der Waals surface area (Å²) in [5.74, 6) is 0.250. The first-order valence-corrected chi connectivity index (χ1v) is 5.83. The third-order valence-electron chi connectivity index (χ3n) is 2.73. The molecule has 1 aromatic heterocycles. The van der Waals surface area contributed by atoms with Crippen LogP contribution >= 0.6 is 0 Å². The van der Waals surface area contributed by atoms with Gasteiger partial charge in [0.05, 0.1) is 24.2 Å². The van der Waals surface area contributed by atoms with Crippen LogP contribution in [0.25, 0.3) is 10.9 Å². The summed E-state index contributed by atoms with van der Waals surface area (Å²) in [5, 5.41) is 7.16. The lowest BCUT2D eigenvalue weighted by molar-refractivity contribution is -0.137. The third-order valence-corrected chi connectivity index (χ3v) is 2.73. The van der Waals surface area contributed by atoms with Gasteiger partial charge in [-0.25, -0.2) is 0 Å². The first kappa shape index (κ1) is 14.1. The highest BCUT2D eigenvalue weighted by Crippen LogP contribution is 2.33. The molecule has 0 fully saturated rings. The number of aromatic nitrogens is 2. The van der Waals surface area contributed by atoms with Gasteiger partial charge in [-0.3, -0.25) is 4.68 Å². The molecule has 7 heteroatoms. The Bertz CT molecular complexity index is 646. The molecule has 1 heterocycles. The highest BCUT2D eigenvalue weighted by molar-refractivity contribution is 5.91. The smallest absolute Gasteiger partial charge is 0.361 e. The van der Waals surface area contributed by atoms with Gasteiger partial charge in [0, 0.05) is 5.39 Å². The number of alkyl halides is 3. The number of halogens is 3. The maximum absolute atomic E-state index is 12.7. The van der Waals surface area contributed by atoms with Crippen molar-refractivity contribution in [3.63, 3.8) is 0 Å². The molecule has 0 saturated carbocycles. The van der Waals surface area contributed by atoms with Crippen molar-refractivity contribution in [2.24, 2.45) is 0 Å². The SMILES string of the molecule is C=CCn1nc(NCC=O)c2cc(C(F)(F)F)ccc21. The molecule has 0 atom stereocenters. The summed E-state index contributed by atoms with van der Waals surface area (Å²) in [5.41, 5.74) is -0.205. The standard InChI is InChI=1S/C13H12F3N3O/c1-2-6-19-11-4-3-9(13(14,15)16)8-10(11)12(18-19)17-5-7-20/h2-4,7-8H,1,5-6H2,(H,17,18). The lowest BCUT2D eigenvalue weighted by atomic mass is 10.1. The van der Waals surface area contributed by atoms with E-state index in [0.717, 1.165) is 12.1 Å². The van der Waals surface area contributed by atoms with Crippen LogP contribution in [0.2, 0.25) is 0 Å². The molecule has 0 saturated heterocycles. The predicted molar refractivity (Wildman–Crippen MR) is 69.5 cm³/mol. The van der Waals surface area contributed by atoms with Crippen molar-refractivity contribution < 1.29 is 18.0 Å². The van der Waals surface area contributed by atoms with Crippen LogP contribution in [0.4, 0.5) is 19.0 Å². The Labute approximate surface area is 112 Å². The van der Waals surface area contributed by atoms with Gasteiger partial charge in [-0.2, -0.15) is 18.3 Å². The van der Waals surface area contributed by atoms with Gasteiger partial charge < -0.3 is 10.1 Å². The molecule has 0 aliphatic heterocycles. The summed E-state index contributed by atoms with van der Waals surface area (Å²) in [4.78, 5) is 10.4. The number of carbonyl (C=O) groups excluding carboxylic acids is 1. The van der Waals surface area contributed by atoms with Crippen LogP contribution in [0.15, 0.2) is 30.9 Å². The van der Waals surface area contributed by atoms with E-state index in [4.69, 9.17) is 0 Å². The number of benzene rings is 1. The molecule has 0 radical (unpaired) electrons. The van der Waals surface area contributed by atoms with E-state index >= 15 is 0 Å². The highest BCUT2D eigenvalue weighted by atomic mass is 19.4. The quantitative estimate of drug-likeness (QED) is 0.678. The Morgan fingerprint density at radius 3 is 2.75 bits per heavy atom. The molecule has 1 aromatic carbocycles. The van der Waals surface area contributed by atoms with Crippen LogP contribution in [-0.4, -0.2) is 22.6 Å². The van der Waals surface area contributed by atoms with Crippen LogP contribution in [0.5, 0.6) is 0 Å². The van der Waals surface area contributed by atoms with Gasteiger partial charge in [0.25, 0.3) is 0 Å². The van der Waals surface area contributed by atoms with Crippen molar-refractivity contribution in [3.8, 4) is 0 Å². The normalized spacial score (nSPS) is 11.6. The van der Waals surface area contributed by atoms with Crippen molar-refractivity contribution in [2.75, 3.05) is 11.9 Å². The fraction of sp³-hybridized carbons (Fsp3) is 0.231. The monoisotopic (exact) mass is 283 g/mol. The van der Waals surface area contributed by atoms with Gasteiger partial charge >= 0.3 is 6.18 Å². The second-order valence-corrected chi connectivity index (χ2v) is 4.10. The summed E-state index contributed by atoms with van der Waals surface area (Å²) >= 11 is 0. The number of nitrogens with zero attached hydrogens (tertiary/aromatic N) is 2. The number of hydrogen-bond donors (Lipinski definition) is 1. The number of anilines is 1. The van der Waals surface area contributed by atoms with Crippen molar-refractivity contribution in [2.45, 2.75) is 12.7 Å². The molecule has 4 nitrogen and oxygen atoms in total. The summed E-state index contributed by atoms with van der Waals surface area (Å²) < 4.78 is 39.7. The van der Waals surface area contributed by atoms with E-state index in [1.54, 1.807) is 6.08 Å². The Morgan fingerprint density at radius 2 is 2.15 bits per heavy atom. The number of allylic oxidation sites excluding steroid dienone is 1. The minimum absolute atomic E-state index is 0.0174. The zero-order valence-electron chi connectivity index (χ0n) is 10.4. The lowest BCUT2D eigenvalue weighted by Crippen LogP contribution is -2.05. The summed E-state index contributed by atoms with van der Waals surface area (Å²) in [6, 6.07) is 3.39. The molecular weight excluding hydrogens is 271 g/mol. The molecule has 2 aromatic rings. The van der Waals surface area contributed by atoms with Gasteiger partial charge in [0.15, 0.2) is 5.82 Å². The van der Waals surface area contributed by atoms with Crippen LogP contribution in [0.1, 0.15) is 5.56 Å². The van der Waals surface area contributed by atoms with Gasteiger partial charge in [0.1, 0.15) is 6.29 Å². The second-order valence-electron chi connectivity index (χ2n) is 4.10. The van der Waals surface area contributed by atoms with E-state index in [1.165, 1.54) is 10.7 Å². The predicted octanol–water partition coefficient (Wildman–Crippen LogP) is 2.85. The molecule has 0 spiro atoms. The van der Waals surface area contributed by atoms with Crippen molar-refractivity contribution >= 4 is 23.0 Å². The Balaban J connectivity index is 2.57. The van der Waals surface area contributed by atoms with Crippen molar-refractivity contribution in [1.29, 1.82) is 0 Å². The average molecular weight is 283 g/mol. The number of nitrogens with one attached hydrogen (secondary N) is 1. The zero-order chi connectivity index (χ0) is 14.8. The molecule has 0 amide bonds. The van der Waals surface area contributed by atoms with Gasteiger partial charge in [0.2, 0.25) is 0 Å². The average Bonchev–Trinajstić information content (AvgIpc) is 2.74. The maximum atomic E-state index is 12.7. The molecule has 1 N–H and O–H groups in total. The van der Waals surface area contributed by atoms with E-state index < -0.39 is 11.7 Å². The van der Waals surface area contributed by atoms with E-state index in [9.17, 15) is 18.0 Å². The Kier molecular flexibility index (Phi) is 3.78. The molecule has 106 valence electrons. The largest absolute Gasteiger partial charge is 0.416 e. The topological polar surface area (TPSA) is 46.9 Å². The van der Waals surface area contributed by atoms with Crippen LogP contribution in [-0.2, 0) is 17.5 Å². The number of hydrogen-bond acceptors (Lipinski definition) is 3. The fourth-order valence-corrected chi connectivity index (χ4v) is 1.89. The number of carbonyl (C=O) groups is 1. The number of fused-ring (bicyclic) bond motifs is 1. The molecule has 0 aliphatic carbocycles. The molecule has 2 rings (SSSR count). The fourth-order valence-electron chi connectivity index (χ4n) is 1.89. The molecule has 0 aliphatic rings. The van der Waals surface area contributed by atoms with Crippen molar-refractivity contribution in [3.05, 3.63) is 36.4 Å². The van der Waals surface area contributed by atoms with Gasteiger partial charge in [-0.05, 0) is 18.2 Å². The van der Waals surface area contributed by atoms with Crippen LogP contribution in [0, 0.1) is 0 Å².